The number of likely N-dealkylation sites (tertiary alicyclic amines) is 1. The Hall–Kier alpha value is -0.610. The van der Waals surface area contributed by atoms with E-state index in [0.29, 0.717) is 24.8 Å². The van der Waals surface area contributed by atoms with Crippen LogP contribution < -0.4 is 5.73 Å². The van der Waals surface area contributed by atoms with Gasteiger partial charge in [-0.2, -0.15) is 0 Å². The van der Waals surface area contributed by atoms with Crippen molar-refractivity contribution in [2.24, 2.45) is 17.6 Å². The molecule has 0 spiro atoms. The first-order chi connectivity index (χ1) is 9.52. The van der Waals surface area contributed by atoms with Gasteiger partial charge in [0.2, 0.25) is 5.91 Å². The van der Waals surface area contributed by atoms with Gasteiger partial charge in [-0.05, 0) is 57.9 Å². The van der Waals surface area contributed by atoms with Crippen molar-refractivity contribution in [2.45, 2.75) is 63.9 Å². The molecule has 116 valence electrons. The minimum atomic E-state index is -0.594. The van der Waals surface area contributed by atoms with Crippen LogP contribution in [0.1, 0.15) is 58.3 Å². The molecule has 0 aromatic carbocycles. The Kier molecular flexibility index (Phi) is 5.44. The maximum atomic E-state index is 12.7. The highest BCUT2D eigenvalue weighted by Crippen LogP contribution is 2.33. The third-order valence-electron chi connectivity index (χ3n) is 5.08. The van der Waals surface area contributed by atoms with Crippen molar-refractivity contribution >= 4 is 5.91 Å². The number of carbonyl (C=O) groups is 1. The maximum absolute atomic E-state index is 12.7. The number of aliphatic hydroxyl groups is 1. The largest absolute Gasteiger partial charge is 0.390 e. The van der Waals surface area contributed by atoms with Gasteiger partial charge in [-0.25, -0.2) is 0 Å². The van der Waals surface area contributed by atoms with Crippen LogP contribution in [0.15, 0.2) is 0 Å². The molecule has 0 aromatic rings. The lowest BCUT2D eigenvalue weighted by atomic mass is 9.79. The van der Waals surface area contributed by atoms with Crippen molar-refractivity contribution in [3.8, 4) is 0 Å². The first-order valence-electron chi connectivity index (χ1n) is 8.23. The molecule has 4 heteroatoms. The van der Waals surface area contributed by atoms with Gasteiger partial charge in [0, 0.05) is 19.0 Å². The highest BCUT2D eigenvalue weighted by Gasteiger charge is 2.32. The molecule has 1 aliphatic heterocycles. The first kappa shape index (κ1) is 15.8. The van der Waals surface area contributed by atoms with E-state index in [1.807, 2.05) is 11.8 Å². The van der Waals surface area contributed by atoms with E-state index in [0.717, 1.165) is 51.6 Å². The molecule has 1 aliphatic carbocycles. The highest BCUT2D eigenvalue weighted by atomic mass is 16.3. The van der Waals surface area contributed by atoms with Gasteiger partial charge in [0.1, 0.15) is 0 Å². The summed E-state index contributed by atoms with van der Waals surface area (Å²) < 4.78 is 0. The van der Waals surface area contributed by atoms with Gasteiger partial charge in [-0.3, -0.25) is 4.79 Å². The van der Waals surface area contributed by atoms with Crippen molar-refractivity contribution in [1.82, 2.24) is 4.90 Å². The summed E-state index contributed by atoms with van der Waals surface area (Å²) in [5.74, 6) is 1.16. The van der Waals surface area contributed by atoms with E-state index < -0.39 is 5.60 Å². The lowest BCUT2D eigenvalue weighted by molar-refractivity contribution is -0.137. The van der Waals surface area contributed by atoms with Crippen LogP contribution in [0.2, 0.25) is 0 Å². The minimum absolute atomic E-state index is 0.198. The summed E-state index contributed by atoms with van der Waals surface area (Å²) in [6.45, 7) is 4.15. The van der Waals surface area contributed by atoms with E-state index in [1.165, 1.54) is 6.42 Å². The zero-order valence-corrected chi connectivity index (χ0v) is 12.8. The summed E-state index contributed by atoms with van der Waals surface area (Å²) in [6, 6.07) is 0. The van der Waals surface area contributed by atoms with Gasteiger partial charge in [-0.1, -0.05) is 12.8 Å². The fourth-order valence-corrected chi connectivity index (χ4v) is 3.76. The molecular formula is C16H30N2O2. The molecule has 2 aliphatic rings. The Bertz CT molecular complexity index is 328. The maximum Gasteiger partial charge on any atom is 0.225 e. The quantitative estimate of drug-likeness (QED) is 0.831. The molecule has 3 N–H and O–H groups in total. The Morgan fingerprint density at radius 3 is 2.85 bits per heavy atom. The summed E-state index contributed by atoms with van der Waals surface area (Å²) >= 11 is 0. The lowest BCUT2D eigenvalue weighted by Crippen LogP contribution is -2.39. The Labute approximate surface area is 122 Å². The van der Waals surface area contributed by atoms with Crippen molar-refractivity contribution in [3.63, 3.8) is 0 Å². The van der Waals surface area contributed by atoms with Gasteiger partial charge in [0.05, 0.1) is 5.60 Å². The molecule has 0 radical (unpaired) electrons. The third kappa shape index (κ3) is 4.19. The third-order valence-corrected chi connectivity index (χ3v) is 5.08. The summed E-state index contributed by atoms with van der Waals surface area (Å²) in [4.78, 5) is 14.7. The van der Waals surface area contributed by atoms with Gasteiger partial charge in [-0.15, -0.1) is 0 Å². The van der Waals surface area contributed by atoms with Crippen molar-refractivity contribution < 1.29 is 9.90 Å². The van der Waals surface area contributed by atoms with E-state index in [1.54, 1.807) is 0 Å². The Morgan fingerprint density at radius 2 is 2.10 bits per heavy atom. The van der Waals surface area contributed by atoms with Crippen LogP contribution in [0.4, 0.5) is 0 Å². The fourth-order valence-electron chi connectivity index (χ4n) is 3.76. The molecule has 1 heterocycles. The zero-order chi connectivity index (χ0) is 14.6. The summed E-state index contributed by atoms with van der Waals surface area (Å²) in [7, 11) is 0. The molecule has 2 fully saturated rings. The number of hydrogen-bond donors (Lipinski definition) is 2. The summed E-state index contributed by atoms with van der Waals surface area (Å²) in [6.07, 6.45) is 7.92. The smallest absolute Gasteiger partial charge is 0.225 e. The molecule has 1 amide bonds. The number of amides is 1. The minimum Gasteiger partial charge on any atom is -0.390 e. The van der Waals surface area contributed by atoms with E-state index in [-0.39, 0.29) is 5.92 Å². The molecule has 3 unspecified atom stereocenters. The molecule has 20 heavy (non-hydrogen) atoms. The van der Waals surface area contributed by atoms with Crippen LogP contribution in [-0.2, 0) is 4.79 Å². The van der Waals surface area contributed by atoms with E-state index in [9.17, 15) is 9.90 Å². The standard InChI is InChI=1S/C16H30N2O2/c1-16(20)7-3-10-18(11-8-16)15(19)14-5-2-4-13(12-14)6-9-17/h13-14,20H,2-12,17H2,1H3. The normalized spacial score (nSPS) is 35.6. The van der Waals surface area contributed by atoms with E-state index in [2.05, 4.69) is 0 Å². The second-order valence-electron chi connectivity index (χ2n) is 6.98. The molecule has 4 nitrogen and oxygen atoms in total. The predicted octanol–water partition coefficient (Wildman–Crippen LogP) is 1.91. The van der Waals surface area contributed by atoms with Crippen LogP contribution in [0.25, 0.3) is 0 Å². The SMILES string of the molecule is CC1(O)CCCN(C(=O)C2CCCC(CCN)C2)CC1. The second kappa shape index (κ2) is 6.90. The van der Waals surface area contributed by atoms with Crippen LogP contribution >= 0.6 is 0 Å². The van der Waals surface area contributed by atoms with Gasteiger partial charge in [0.15, 0.2) is 0 Å². The second-order valence-corrected chi connectivity index (χ2v) is 6.98. The summed E-state index contributed by atoms with van der Waals surface area (Å²) in [5, 5.41) is 10.1. The van der Waals surface area contributed by atoms with Gasteiger partial charge in [0.25, 0.3) is 0 Å². The van der Waals surface area contributed by atoms with Crippen molar-refractivity contribution in [2.75, 3.05) is 19.6 Å². The molecule has 1 saturated heterocycles. The van der Waals surface area contributed by atoms with Crippen molar-refractivity contribution in [3.05, 3.63) is 0 Å². The lowest BCUT2D eigenvalue weighted by Gasteiger charge is -2.32. The molecule has 2 rings (SSSR count). The topological polar surface area (TPSA) is 66.6 Å². The molecule has 3 atom stereocenters. The van der Waals surface area contributed by atoms with E-state index >= 15 is 0 Å². The van der Waals surface area contributed by atoms with E-state index in [4.69, 9.17) is 5.73 Å². The molecule has 0 bridgehead atoms. The van der Waals surface area contributed by atoms with Crippen LogP contribution in [-0.4, -0.2) is 41.1 Å². The molecular weight excluding hydrogens is 252 g/mol. The monoisotopic (exact) mass is 282 g/mol. The number of hydrogen-bond acceptors (Lipinski definition) is 3. The number of nitrogens with zero attached hydrogens (tertiary/aromatic N) is 1. The van der Waals surface area contributed by atoms with Gasteiger partial charge < -0.3 is 15.7 Å². The summed E-state index contributed by atoms with van der Waals surface area (Å²) in [5.41, 5.74) is 5.06. The number of carbonyl (C=O) groups excluding carboxylic acids is 1. The Balaban J connectivity index is 1.89. The van der Waals surface area contributed by atoms with Gasteiger partial charge >= 0.3 is 0 Å². The van der Waals surface area contributed by atoms with Crippen LogP contribution in [0.3, 0.4) is 0 Å². The Morgan fingerprint density at radius 1 is 1.30 bits per heavy atom. The van der Waals surface area contributed by atoms with Crippen LogP contribution in [0.5, 0.6) is 0 Å². The zero-order valence-electron chi connectivity index (χ0n) is 12.8. The average Bonchev–Trinajstić information content (AvgIpc) is 2.60. The average molecular weight is 282 g/mol. The number of rotatable bonds is 3. The predicted molar refractivity (Wildman–Crippen MR) is 80.2 cm³/mol. The van der Waals surface area contributed by atoms with Crippen molar-refractivity contribution in [1.29, 1.82) is 0 Å². The highest BCUT2D eigenvalue weighted by molar-refractivity contribution is 5.79. The fraction of sp³-hybridized carbons (Fsp3) is 0.938. The first-order valence-corrected chi connectivity index (χ1v) is 8.23. The molecule has 0 aromatic heterocycles. The molecule has 1 saturated carbocycles. The van der Waals surface area contributed by atoms with Crippen LogP contribution in [0, 0.1) is 11.8 Å². The number of nitrogens with two attached hydrogens (primary N) is 1.